The van der Waals surface area contributed by atoms with Crippen molar-refractivity contribution >= 4 is 11.9 Å². The molecule has 2 aromatic carbocycles. The van der Waals surface area contributed by atoms with Gasteiger partial charge in [0.25, 0.3) is 0 Å². The van der Waals surface area contributed by atoms with Crippen molar-refractivity contribution in [2.24, 2.45) is 5.73 Å². The van der Waals surface area contributed by atoms with Gasteiger partial charge in [0.05, 0.1) is 11.9 Å². The maximum atomic E-state index is 14.2. The van der Waals surface area contributed by atoms with E-state index in [0.717, 1.165) is 0 Å². The number of para-hydroxylation sites is 1. The second kappa shape index (κ2) is 11.1. The summed E-state index contributed by atoms with van der Waals surface area (Å²) in [5.41, 5.74) is 12.4. The van der Waals surface area contributed by atoms with Gasteiger partial charge in [0, 0.05) is 23.4 Å². The van der Waals surface area contributed by atoms with Crippen molar-refractivity contribution in [2.75, 3.05) is 5.73 Å². The molecule has 0 fully saturated rings. The molecular formula is C26H22F3N5O4. The lowest BCUT2D eigenvalue weighted by Crippen LogP contribution is -2.32. The maximum absolute atomic E-state index is 14.2. The van der Waals surface area contributed by atoms with Crippen LogP contribution in [0.5, 0.6) is 17.4 Å². The summed E-state index contributed by atoms with van der Waals surface area (Å²) in [6.45, 7) is 0. The average Bonchev–Trinajstić information content (AvgIpc) is 2.88. The summed E-state index contributed by atoms with van der Waals surface area (Å²) >= 11 is 0. The molecule has 1 unspecified atom stereocenters. The lowest BCUT2D eigenvalue weighted by molar-refractivity contribution is -0.199. The van der Waals surface area contributed by atoms with Crippen LogP contribution in [-0.4, -0.2) is 38.2 Å². The van der Waals surface area contributed by atoms with Crippen molar-refractivity contribution in [3.63, 3.8) is 0 Å². The van der Waals surface area contributed by atoms with Crippen LogP contribution in [-0.2, 0) is 11.2 Å². The average molecular weight is 525 g/mol. The monoisotopic (exact) mass is 525 g/mol. The summed E-state index contributed by atoms with van der Waals surface area (Å²) in [4.78, 5) is 22.8. The van der Waals surface area contributed by atoms with Gasteiger partial charge in [-0.1, -0.05) is 42.5 Å². The van der Waals surface area contributed by atoms with Crippen LogP contribution in [0.15, 0.2) is 79.1 Å². The zero-order valence-electron chi connectivity index (χ0n) is 19.7. The summed E-state index contributed by atoms with van der Waals surface area (Å²) in [6.07, 6.45) is -4.28. The third-order valence-corrected chi connectivity index (χ3v) is 5.34. The van der Waals surface area contributed by atoms with E-state index in [1.165, 1.54) is 42.7 Å². The second-order valence-corrected chi connectivity index (χ2v) is 8.16. The number of nitrogens with zero attached hydrogens (tertiary/aromatic N) is 3. The fourth-order valence-electron chi connectivity index (χ4n) is 3.56. The largest absolute Gasteiger partial charge is 0.480 e. The smallest absolute Gasteiger partial charge is 0.429 e. The molecule has 12 heteroatoms. The SMILES string of the molecule is Nc1nc(O[C@@H](c2ccccc2Oc2cccnc2)C(F)(F)F)cc(-c2ccc(CC(N)C(=O)O)cc2)n1. The molecular weight excluding hydrogens is 503 g/mol. The molecule has 2 aromatic heterocycles. The molecule has 0 saturated heterocycles. The van der Waals surface area contributed by atoms with Crippen LogP contribution < -0.4 is 20.9 Å². The zero-order chi connectivity index (χ0) is 27.3. The van der Waals surface area contributed by atoms with Gasteiger partial charge < -0.3 is 26.0 Å². The van der Waals surface area contributed by atoms with E-state index >= 15 is 0 Å². The van der Waals surface area contributed by atoms with E-state index in [0.29, 0.717) is 11.1 Å². The van der Waals surface area contributed by atoms with E-state index in [1.54, 1.807) is 36.4 Å². The Morgan fingerprint density at radius 3 is 2.42 bits per heavy atom. The summed E-state index contributed by atoms with van der Waals surface area (Å²) in [5, 5.41) is 8.98. The molecule has 38 heavy (non-hydrogen) atoms. The van der Waals surface area contributed by atoms with Gasteiger partial charge in [-0.05, 0) is 30.2 Å². The first kappa shape index (κ1) is 26.4. The van der Waals surface area contributed by atoms with Crippen molar-refractivity contribution in [3.05, 3.63) is 90.3 Å². The van der Waals surface area contributed by atoms with E-state index in [9.17, 15) is 18.0 Å². The third-order valence-electron chi connectivity index (χ3n) is 5.34. The minimum atomic E-state index is -4.83. The van der Waals surface area contributed by atoms with Crippen LogP contribution in [0.2, 0.25) is 0 Å². The number of alkyl halides is 3. The zero-order valence-corrected chi connectivity index (χ0v) is 19.7. The summed E-state index contributed by atoms with van der Waals surface area (Å²) in [6, 6.07) is 15.4. The third kappa shape index (κ3) is 6.53. The Morgan fingerprint density at radius 2 is 1.76 bits per heavy atom. The molecule has 4 aromatic rings. The highest BCUT2D eigenvalue weighted by molar-refractivity contribution is 5.73. The molecule has 0 aliphatic heterocycles. The second-order valence-electron chi connectivity index (χ2n) is 8.16. The minimum Gasteiger partial charge on any atom is -0.480 e. The van der Waals surface area contributed by atoms with Crippen LogP contribution in [0.4, 0.5) is 19.1 Å². The lowest BCUT2D eigenvalue weighted by Gasteiger charge is -2.23. The number of rotatable bonds is 9. The number of carbonyl (C=O) groups is 1. The summed E-state index contributed by atoms with van der Waals surface area (Å²) in [5.74, 6) is -1.65. The Kier molecular flexibility index (Phi) is 7.72. The fraction of sp³-hybridized carbons (Fsp3) is 0.154. The normalized spacial score (nSPS) is 12.9. The minimum absolute atomic E-state index is 0.0692. The number of benzene rings is 2. The van der Waals surface area contributed by atoms with Gasteiger partial charge in [-0.15, -0.1) is 0 Å². The Labute approximate surface area is 214 Å². The number of hydrogen-bond donors (Lipinski definition) is 3. The highest BCUT2D eigenvalue weighted by atomic mass is 19.4. The molecule has 2 heterocycles. The van der Waals surface area contributed by atoms with Crippen LogP contribution in [0, 0.1) is 0 Å². The van der Waals surface area contributed by atoms with Gasteiger partial charge in [0.1, 0.15) is 17.5 Å². The predicted octanol–water partition coefficient (Wildman–Crippen LogP) is 4.55. The van der Waals surface area contributed by atoms with Crippen LogP contribution in [0.1, 0.15) is 17.2 Å². The Bertz CT molecular complexity index is 1400. The standard InChI is InChI=1S/C26H22F3N5O4/c27-26(28,29)23(18-5-1-2-6-21(18)37-17-4-3-11-32-14-17)38-22-13-20(33-25(31)34-22)16-9-7-15(8-10-16)12-19(30)24(35)36/h1-11,13-14,19,23H,12,30H2,(H,35,36)(H2,31,33,34)/t19?,23-/m0/s1. The van der Waals surface area contributed by atoms with Crippen molar-refractivity contribution in [3.8, 4) is 28.6 Å². The molecule has 0 aliphatic rings. The maximum Gasteiger partial charge on any atom is 0.429 e. The van der Waals surface area contributed by atoms with Crippen LogP contribution in [0.25, 0.3) is 11.3 Å². The number of aliphatic carboxylic acids is 1. The number of carboxylic acid groups (broad SMARTS) is 1. The van der Waals surface area contributed by atoms with Crippen molar-refractivity contribution in [1.29, 1.82) is 0 Å². The molecule has 0 bridgehead atoms. The first-order valence-corrected chi connectivity index (χ1v) is 11.2. The molecule has 9 nitrogen and oxygen atoms in total. The van der Waals surface area contributed by atoms with Crippen LogP contribution in [0.3, 0.4) is 0 Å². The molecule has 0 amide bonds. The molecule has 4 rings (SSSR count). The number of hydrogen-bond acceptors (Lipinski definition) is 8. The van der Waals surface area contributed by atoms with Gasteiger partial charge in [0.15, 0.2) is 0 Å². The van der Waals surface area contributed by atoms with Crippen molar-refractivity contribution in [1.82, 2.24) is 15.0 Å². The molecule has 2 atom stereocenters. The number of anilines is 1. The van der Waals surface area contributed by atoms with Gasteiger partial charge in [-0.25, -0.2) is 4.98 Å². The van der Waals surface area contributed by atoms with E-state index in [-0.39, 0.29) is 35.1 Å². The number of pyridine rings is 1. The molecule has 0 aliphatic carbocycles. The Morgan fingerprint density at radius 1 is 1.03 bits per heavy atom. The summed E-state index contributed by atoms with van der Waals surface area (Å²) in [7, 11) is 0. The highest BCUT2D eigenvalue weighted by Gasteiger charge is 2.45. The van der Waals surface area contributed by atoms with E-state index in [4.69, 9.17) is 26.0 Å². The fourth-order valence-corrected chi connectivity index (χ4v) is 3.56. The van der Waals surface area contributed by atoms with Gasteiger partial charge in [-0.2, -0.15) is 18.2 Å². The molecule has 196 valence electrons. The first-order chi connectivity index (χ1) is 18.1. The number of ether oxygens (including phenoxy) is 2. The molecule has 0 radical (unpaired) electrons. The molecule has 0 saturated carbocycles. The lowest BCUT2D eigenvalue weighted by atomic mass is 10.0. The van der Waals surface area contributed by atoms with Crippen molar-refractivity contribution < 1.29 is 32.5 Å². The topological polar surface area (TPSA) is 146 Å². The van der Waals surface area contributed by atoms with E-state index in [1.807, 2.05) is 0 Å². The van der Waals surface area contributed by atoms with Gasteiger partial charge >= 0.3 is 12.1 Å². The number of halogens is 3. The van der Waals surface area contributed by atoms with Gasteiger partial charge in [0.2, 0.25) is 17.9 Å². The number of aromatic nitrogens is 3. The number of carboxylic acids is 1. The number of nitrogen functional groups attached to an aromatic ring is 1. The highest BCUT2D eigenvalue weighted by Crippen LogP contribution is 2.41. The van der Waals surface area contributed by atoms with E-state index in [2.05, 4.69) is 15.0 Å². The summed E-state index contributed by atoms with van der Waals surface area (Å²) < 4.78 is 53.7. The predicted molar refractivity (Wildman–Crippen MR) is 131 cm³/mol. The Balaban J connectivity index is 1.63. The quantitative estimate of drug-likeness (QED) is 0.286. The van der Waals surface area contributed by atoms with Gasteiger partial charge in [-0.3, -0.25) is 9.78 Å². The molecule has 5 N–H and O–H groups in total. The van der Waals surface area contributed by atoms with Crippen molar-refractivity contribution in [2.45, 2.75) is 24.7 Å². The first-order valence-electron chi connectivity index (χ1n) is 11.2. The Hall–Kier alpha value is -4.71. The van der Waals surface area contributed by atoms with E-state index < -0.39 is 30.2 Å². The number of nitrogens with two attached hydrogens (primary N) is 2. The van der Waals surface area contributed by atoms with Crippen LogP contribution >= 0.6 is 0 Å². The molecule has 0 spiro atoms.